The van der Waals surface area contributed by atoms with Gasteiger partial charge < -0.3 is 14.2 Å². The highest BCUT2D eigenvalue weighted by atomic mass is 19.4. The van der Waals surface area contributed by atoms with E-state index in [0.717, 1.165) is 19.2 Å². The van der Waals surface area contributed by atoms with Gasteiger partial charge in [0.05, 0.1) is 7.11 Å². The van der Waals surface area contributed by atoms with Crippen molar-refractivity contribution in [2.75, 3.05) is 21.0 Å². The Labute approximate surface area is 195 Å². The van der Waals surface area contributed by atoms with Crippen LogP contribution in [0.4, 0.5) is 17.6 Å². The van der Waals surface area contributed by atoms with Crippen LogP contribution in [0.1, 0.15) is 42.2 Å². The number of nitrogens with one attached hydrogen (secondary N) is 1. The van der Waals surface area contributed by atoms with E-state index in [1.165, 1.54) is 31.4 Å². The highest BCUT2D eigenvalue weighted by Crippen LogP contribution is 2.38. The molecule has 2 atom stereocenters. The average molecular weight is 485 g/mol. The summed E-state index contributed by atoms with van der Waals surface area (Å²) in [6, 6.07) is 3.74. The maximum absolute atomic E-state index is 15.1. The van der Waals surface area contributed by atoms with Gasteiger partial charge in [-0.25, -0.2) is 4.39 Å². The SMILES string of the molecule is COCOc1ccc(C=O)cc1-c1ccc(C(N[C@@H](CC(C)C)C(=O)OC)C(F)(F)F)cc1F. The average Bonchev–Trinajstić information content (AvgIpc) is 2.78. The van der Waals surface area contributed by atoms with Gasteiger partial charge in [0.25, 0.3) is 0 Å². The Kier molecular flexibility index (Phi) is 9.57. The molecule has 0 saturated carbocycles. The van der Waals surface area contributed by atoms with Crippen molar-refractivity contribution in [3.05, 3.63) is 53.3 Å². The minimum Gasteiger partial charge on any atom is -0.468 e. The summed E-state index contributed by atoms with van der Waals surface area (Å²) in [5.74, 6) is -1.71. The van der Waals surface area contributed by atoms with Gasteiger partial charge in [-0.05, 0) is 42.2 Å². The Bertz CT molecular complexity index is 994. The van der Waals surface area contributed by atoms with Crippen LogP contribution in [0.3, 0.4) is 0 Å². The van der Waals surface area contributed by atoms with Crippen LogP contribution in [-0.4, -0.2) is 45.5 Å². The summed E-state index contributed by atoms with van der Waals surface area (Å²) in [5, 5.41) is 2.28. The number of alkyl halides is 3. The van der Waals surface area contributed by atoms with Crippen LogP contribution in [0.5, 0.6) is 5.75 Å². The number of hydrogen-bond donors (Lipinski definition) is 1. The maximum atomic E-state index is 15.1. The largest absolute Gasteiger partial charge is 0.468 e. The number of hydrogen-bond acceptors (Lipinski definition) is 6. The van der Waals surface area contributed by atoms with E-state index in [9.17, 15) is 22.8 Å². The third-order valence-corrected chi connectivity index (χ3v) is 4.98. The molecule has 186 valence electrons. The minimum atomic E-state index is -4.82. The Morgan fingerprint density at radius 1 is 1.09 bits per heavy atom. The molecule has 2 aromatic carbocycles. The monoisotopic (exact) mass is 485 g/mol. The van der Waals surface area contributed by atoms with Crippen molar-refractivity contribution >= 4 is 12.3 Å². The van der Waals surface area contributed by atoms with Crippen molar-refractivity contribution in [2.45, 2.75) is 38.5 Å². The molecule has 1 N–H and O–H groups in total. The summed E-state index contributed by atoms with van der Waals surface area (Å²) in [7, 11) is 2.48. The number of rotatable bonds is 11. The first kappa shape index (κ1) is 27.3. The van der Waals surface area contributed by atoms with Crippen molar-refractivity contribution in [1.82, 2.24) is 5.32 Å². The Balaban J connectivity index is 2.50. The standard InChI is InChI=1S/C24H27F4NO5/c1-14(2)9-20(23(31)33-4)29-22(24(26,27)28)16-6-7-17(19(25)11-16)18-10-15(12-30)5-8-21(18)34-13-32-3/h5-8,10-12,14,20,22,29H,9,13H2,1-4H3/t20-,22?/m0/s1. The van der Waals surface area contributed by atoms with Crippen LogP contribution in [0, 0.1) is 11.7 Å². The number of carbonyl (C=O) groups excluding carboxylic acids is 2. The van der Waals surface area contributed by atoms with Gasteiger partial charge in [-0.3, -0.25) is 14.9 Å². The Hall–Kier alpha value is -2.98. The molecule has 0 heterocycles. The fourth-order valence-corrected chi connectivity index (χ4v) is 3.44. The van der Waals surface area contributed by atoms with E-state index in [0.29, 0.717) is 6.29 Å². The van der Waals surface area contributed by atoms with E-state index in [-0.39, 0.29) is 41.6 Å². The highest BCUT2D eigenvalue weighted by Gasteiger charge is 2.43. The zero-order chi connectivity index (χ0) is 25.5. The second kappa shape index (κ2) is 11.9. The first-order valence-corrected chi connectivity index (χ1v) is 10.4. The minimum absolute atomic E-state index is 0.0637. The molecule has 34 heavy (non-hydrogen) atoms. The van der Waals surface area contributed by atoms with Gasteiger partial charge in [-0.15, -0.1) is 0 Å². The first-order chi connectivity index (χ1) is 16.0. The van der Waals surface area contributed by atoms with Gasteiger partial charge in [0.2, 0.25) is 0 Å². The molecule has 0 spiro atoms. The Morgan fingerprint density at radius 3 is 2.32 bits per heavy atom. The second-order valence-electron chi connectivity index (χ2n) is 8.01. The number of aldehydes is 1. The van der Waals surface area contributed by atoms with Crippen LogP contribution < -0.4 is 10.1 Å². The van der Waals surface area contributed by atoms with Gasteiger partial charge >= 0.3 is 12.1 Å². The molecule has 0 amide bonds. The van der Waals surface area contributed by atoms with Crippen molar-refractivity contribution < 1.29 is 41.4 Å². The van der Waals surface area contributed by atoms with Crippen molar-refractivity contribution in [2.24, 2.45) is 5.92 Å². The van der Waals surface area contributed by atoms with E-state index in [1.807, 2.05) is 0 Å². The lowest BCUT2D eigenvalue weighted by Gasteiger charge is -2.27. The van der Waals surface area contributed by atoms with Crippen molar-refractivity contribution in [1.29, 1.82) is 0 Å². The molecule has 6 nitrogen and oxygen atoms in total. The molecule has 0 aliphatic heterocycles. The molecule has 10 heteroatoms. The van der Waals surface area contributed by atoms with Crippen molar-refractivity contribution in [3.63, 3.8) is 0 Å². The lowest BCUT2D eigenvalue weighted by Crippen LogP contribution is -2.45. The Morgan fingerprint density at radius 2 is 1.79 bits per heavy atom. The molecular weight excluding hydrogens is 458 g/mol. The van der Waals surface area contributed by atoms with E-state index in [4.69, 9.17) is 9.47 Å². The van der Waals surface area contributed by atoms with E-state index < -0.39 is 35.6 Å². The van der Waals surface area contributed by atoms with E-state index in [2.05, 4.69) is 10.1 Å². The van der Waals surface area contributed by atoms with Gasteiger partial charge in [-0.2, -0.15) is 13.2 Å². The fraction of sp³-hybridized carbons (Fsp3) is 0.417. The summed E-state index contributed by atoms with van der Waals surface area (Å²) in [4.78, 5) is 23.2. The van der Waals surface area contributed by atoms with Gasteiger partial charge in [0.1, 0.15) is 29.9 Å². The zero-order valence-corrected chi connectivity index (χ0v) is 19.2. The molecule has 0 saturated heterocycles. The third kappa shape index (κ3) is 7.01. The van der Waals surface area contributed by atoms with Gasteiger partial charge in [0, 0.05) is 23.8 Å². The zero-order valence-electron chi connectivity index (χ0n) is 19.2. The predicted octanol–water partition coefficient (Wildman–Crippen LogP) is 5.07. The number of esters is 1. The summed E-state index contributed by atoms with van der Waals surface area (Å²) in [6.07, 6.45) is -4.17. The van der Waals surface area contributed by atoms with Crippen LogP contribution in [0.15, 0.2) is 36.4 Å². The molecule has 0 aromatic heterocycles. The quantitative estimate of drug-likeness (QED) is 0.207. The van der Waals surface area contributed by atoms with Crippen LogP contribution in [-0.2, 0) is 14.3 Å². The van der Waals surface area contributed by atoms with Gasteiger partial charge in [0.15, 0.2) is 6.79 Å². The molecule has 0 fully saturated rings. The normalized spacial score (nSPS) is 13.4. The molecule has 0 bridgehead atoms. The van der Waals surface area contributed by atoms with Crippen LogP contribution in [0.2, 0.25) is 0 Å². The molecule has 0 aliphatic carbocycles. The number of ether oxygens (including phenoxy) is 3. The fourth-order valence-electron chi connectivity index (χ4n) is 3.44. The van der Waals surface area contributed by atoms with Gasteiger partial charge in [-0.1, -0.05) is 26.0 Å². The number of methoxy groups -OCH3 is 2. The number of halogens is 4. The lowest BCUT2D eigenvalue weighted by molar-refractivity contribution is -0.164. The number of benzene rings is 2. The second-order valence-corrected chi connectivity index (χ2v) is 8.01. The predicted molar refractivity (Wildman–Crippen MR) is 117 cm³/mol. The molecule has 0 aliphatic rings. The molecule has 2 aromatic rings. The van der Waals surface area contributed by atoms with Crippen molar-refractivity contribution in [3.8, 4) is 16.9 Å². The summed E-state index contributed by atoms with van der Waals surface area (Å²) in [5.41, 5.74) is -0.0781. The molecule has 0 radical (unpaired) electrons. The lowest BCUT2D eigenvalue weighted by atomic mass is 9.96. The first-order valence-electron chi connectivity index (χ1n) is 10.4. The topological polar surface area (TPSA) is 73.9 Å². The highest BCUT2D eigenvalue weighted by molar-refractivity contribution is 5.82. The van der Waals surface area contributed by atoms with Crippen LogP contribution >= 0.6 is 0 Å². The third-order valence-electron chi connectivity index (χ3n) is 4.98. The maximum Gasteiger partial charge on any atom is 0.407 e. The summed E-state index contributed by atoms with van der Waals surface area (Å²) >= 11 is 0. The molecule has 1 unspecified atom stereocenters. The summed E-state index contributed by atoms with van der Waals surface area (Å²) < 4.78 is 71.8. The molecular formula is C24H27F4NO5. The van der Waals surface area contributed by atoms with Crippen LogP contribution in [0.25, 0.3) is 11.1 Å². The summed E-state index contributed by atoms with van der Waals surface area (Å²) in [6.45, 7) is 3.36. The number of carbonyl (C=O) groups is 2. The molecule has 2 rings (SSSR count). The smallest absolute Gasteiger partial charge is 0.407 e. The van der Waals surface area contributed by atoms with E-state index >= 15 is 4.39 Å². The van der Waals surface area contributed by atoms with E-state index in [1.54, 1.807) is 13.8 Å².